The lowest BCUT2D eigenvalue weighted by molar-refractivity contribution is -0.133. The van der Waals surface area contributed by atoms with E-state index in [1.165, 1.54) is 6.07 Å². The van der Waals surface area contributed by atoms with Gasteiger partial charge >= 0.3 is 5.97 Å². The lowest BCUT2D eigenvalue weighted by Gasteiger charge is -2.11. The fourth-order valence-electron chi connectivity index (χ4n) is 2.27. The molecule has 0 saturated heterocycles. The van der Waals surface area contributed by atoms with Crippen LogP contribution in [0.1, 0.15) is 22.3 Å². The Bertz CT molecular complexity index is 624. The van der Waals surface area contributed by atoms with Gasteiger partial charge in [-0.1, -0.05) is 35.9 Å². The van der Waals surface area contributed by atoms with Crippen molar-refractivity contribution in [3.8, 4) is 5.75 Å². The third-order valence-electron chi connectivity index (χ3n) is 3.11. The molecule has 3 heteroatoms. The number of hydrogen-bond acceptors (Lipinski definition) is 2. The smallest absolute Gasteiger partial charge is 0.315 e. The van der Waals surface area contributed by atoms with Gasteiger partial charge in [0, 0.05) is 0 Å². The first-order valence-corrected chi connectivity index (χ1v) is 6.49. The molecule has 0 radical (unpaired) electrons. The zero-order valence-corrected chi connectivity index (χ0v) is 11.9. The van der Waals surface area contributed by atoms with Gasteiger partial charge in [-0.3, -0.25) is 4.79 Å². The molecule has 0 bridgehead atoms. The fraction of sp³-hybridized carbons (Fsp3) is 0.235. The molecule has 0 spiro atoms. The highest BCUT2D eigenvalue weighted by molar-refractivity contribution is 5.76. The molecule has 0 fully saturated rings. The quantitative estimate of drug-likeness (QED) is 0.625. The SMILES string of the molecule is Cc1cc(C)c(OC(=O)Cc2ccccc2F)c(C)c1. The number of hydrogen-bond donors (Lipinski definition) is 0. The molecule has 0 atom stereocenters. The van der Waals surface area contributed by atoms with Crippen LogP contribution < -0.4 is 4.74 Å². The third-order valence-corrected chi connectivity index (χ3v) is 3.11. The van der Waals surface area contributed by atoms with Gasteiger partial charge in [-0.25, -0.2) is 4.39 Å². The topological polar surface area (TPSA) is 26.3 Å². The molecular weight excluding hydrogens is 255 g/mol. The minimum atomic E-state index is -0.454. The van der Waals surface area contributed by atoms with Crippen LogP contribution in [0, 0.1) is 26.6 Å². The van der Waals surface area contributed by atoms with Gasteiger partial charge in [0.25, 0.3) is 0 Å². The van der Waals surface area contributed by atoms with Crippen LogP contribution in [0.25, 0.3) is 0 Å². The normalized spacial score (nSPS) is 10.4. The van der Waals surface area contributed by atoms with Gasteiger partial charge in [0.2, 0.25) is 0 Å². The highest BCUT2D eigenvalue weighted by atomic mass is 19.1. The number of ether oxygens (including phenoxy) is 1. The molecule has 0 amide bonds. The largest absolute Gasteiger partial charge is 0.426 e. The Morgan fingerprint density at radius 2 is 1.70 bits per heavy atom. The summed E-state index contributed by atoms with van der Waals surface area (Å²) in [6, 6.07) is 10.1. The molecule has 20 heavy (non-hydrogen) atoms. The summed E-state index contributed by atoms with van der Waals surface area (Å²) in [6.07, 6.45) is -0.0700. The average Bonchev–Trinajstić information content (AvgIpc) is 2.36. The van der Waals surface area contributed by atoms with E-state index in [9.17, 15) is 9.18 Å². The van der Waals surface area contributed by atoms with Crippen LogP contribution in [0.2, 0.25) is 0 Å². The van der Waals surface area contributed by atoms with E-state index < -0.39 is 5.97 Å². The van der Waals surface area contributed by atoms with E-state index in [-0.39, 0.29) is 12.2 Å². The predicted octanol–water partition coefficient (Wildman–Crippen LogP) is 3.90. The summed E-state index contributed by atoms with van der Waals surface area (Å²) >= 11 is 0. The first-order chi connectivity index (χ1) is 9.47. The zero-order chi connectivity index (χ0) is 14.7. The molecule has 0 saturated carbocycles. The summed E-state index contributed by atoms with van der Waals surface area (Å²) in [6.45, 7) is 5.78. The lowest BCUT2D eigenvalue weighted by Crippen LogP contribution is -2.13. The summed E-state index contributed by atoms with van der Waals surface area (Å²) in [7, 11) is 0. The zero-order valence-electron chi connectivity index (χ0n) is 11.9. The second-order valence-corrected chi connectivity index (χ2v) is 4.97. The highest BCUT2D eigenvalue weighted by Crippen LogP contribution is 2.25. The molecule has 2 aromatic rings. The lowest BCUT2D eigenvalue weighted by atomic mass is 10.1. The number of halogens is 1. The van der Waals surface area contributed by atoms with E-state index in [1.54, 1.807) is 18.2 Å². The Hall–Kier alpha value is -2.16. The molecule has 0 aliphatic rings. The maximum Gasteiger partial charge on any atom is 0.315 e. The number of carbonyl (C=O) groups excluding carboxylic acids is 1. The summed E-state index contributed by atoms with van der Waals surface area (Å²) in [5.41, 5.74) is 3.28. The van der Waals surface area contributed by atoms with Gasteiger partial charge < -0.3 is 4.74 Å². The first-order valence-electron chi connectivity index (χ1n) is 6.49. The molecule has 0 aromatic heterocycles. The average molecular weight is 272 g/mol. The fourth-order valence-corrected chi connectivity index (χ4v) is 2.27. The molecule has 0 N–H and O–H groups in total. The molecule has 0 heterocycles. The third kappa shape index (κ3) is 3.23. The van der Waals surface area contributed by atoms with E-state index in [2.05, 4.69) is 0 Å². The molecule has 0 aliphatic heterocycles. The highest BCUT2D eigenvalue weighted by Gasteiger charge is 2.13. The molecule has 2 nitrogen and oxygen atoms in total. The minimum absolute atomic E-state index is 0.0700. The monoisotopic (exact) mass is 272 g/mol. The Morgan fingerprint density at radius 3 is 2.30 bits per heavy atom. The van der Waals surface area contributed by atoms with Crippen LogP contribution in [0.4, 0.5) is 4.39 Å². The molecule has 2 aromatic carbocycles. The summed E-state index contributed by atoms with van der Waals surface area (Å²) in [4.78, 5) is 11.9. The molecule has 2 rings (SSSR count). The van der Waals surface area contributed by atoms with Gasteiger partial charge in [0.15, 0.2) is 0 Å². The molecule has 0 aliphatic carbocycles. The second-order valence-electron chi connectivity index (χ2n) is 4.97. The van der Waals surface area contributed by atoms with Gasteiger partial charge in [-0.2, -0.15) is 0 Å². The van der Waals surface area contributed by atoms with Crippen LogP contribution >= 0.6 is 0 Å². The Kier molecular flexibility index (Phi) is 4.18. The summed E-state index contributed by atoms with van der Waals surface area (Å²) < 4.78 is 18.9. The second kappa shape index (κ2) is 5.87. The minimum Gasteiger partial charge on any atom is -0.426 e. The standard InChI is InChI=1S/C17H17FO2/c1-11-8-12(2)17(13(3)9-11)20-16(19)10-14-6-4-5-7-15(14)18/h4-9H,10H2,1-3H3. The molecule has 0 unspecified atom stereocenters. The van der Waals surface area contributed by atoms with E-state index >= 15 is 0 Å². The predicted molar refractivity (Wildman–Crippen MR) is 76.4 cm³/mol. The Morgan fingerprint density at radius 1 is 1.10 bits per heavy atom. The van der Waals surface area contributed by atoms with E-state index in [0.29, 0.717) is 11.3 Å². The number of benzene rings is 2. The van der Waals surface area contributed by atoms with Crippen molar-refractivity contribution in [3.63, 3.8) is 0 Å². The van der Waals surface area contributed by atoms with Gasteiger partial charge in [-0.15, -0.1) is 0 Å². The van der Waals surface area contributed by atoms with Gasteiger partial charge in [0.05, 0.1) is 6.42 Å². The van der Waals surface area contributed by atoms with Gasteiger partial charge in [0.1, 0.15) is 11.6 Å². The van der Waals surface area contributed by atoms with Crippen LogP contribution in [-0.2, 0) is 11.2 Å². The Labute approximate surface area is 118 Å². The van der Waals surface area contributed by atoms with Crippen LogP contribution in [0.3, 0.4) is 0 Å². The Balaban J connectivity index is 2.15. The van der Waals surface area contributed by atoms with E-state index in [0.717, 1.165) is 16.7 Å². The number of rotatable bonds is 3. The van der Waals surface area contributed by atoms with Gasteiger partial charge in [-0.05, 0) is 43.5 Å². The van der Waals surface area contributed by atoms with Crippen molar-refractivity contribution < 1.29 is 13.9 Å². The van der Waals surface area contributed by atoms with Crippen molar-refractivity contribution in [2.24, 2.45) is 0 Å². The number of esters is 1. The van der Waals surface area contributed by atoms with Crippen molar-refractivity contribution in [2.45, 2.75) is 27.2 Å². The summed E-state index contributed by atoms with van der Waals surface area (Å²) in [5.74, 6) is -0.274. The van der Waals surface area contributed by atoms with Crippen molar-refractivity contribution >= 4 is 5.97 Å². The van der Waals surface area contributed by atoms with Crippen LogP contribution in [0.15, 0.2) is 36.4 Å². The maximum absolute atomic E-state index is 13.5. The van der Waals surface area contributed by atoms with Crippen molar-refractivity contribution in [1.82, 2.24) is 0 Å². The molecular formula is C17H17FO2. The number of aryl methyl sites for hydroxylation is 3. The maximum atomic E-state index is 13.5. The molecule has 104 valence electrons. The van der Waals surface area contributed by atoms with E-state index in [1.807, 2.05) is 32.9 Å². The van der Waals surface area contributed by atoms with Crippen molar-refractivity contribution in [2.75, 3.05) is 0 Å². The summed E-state index contributed by atoms with van der Waals surface area (Å²) in [5, 5.41) is 0. The first kappa shape index (κ1) is 14.3. The van der Waals surface area contributed by atoms with Crippen molar-refractivity contribution in [3.05, 3.63) is 64.5 Å². The van der Waals surface area contributed by atoms with Crippen LogP contribution in [0.5, 0.6) is 5.75 Å². The number of carbonyl (C=O) groups is 1. The van der Waals surface area contributed by atoms with Crippen molar-refractivity contribution in [1.29, 1.82) is 0 Å². The van der Waals surface area contributed by atoms with E-state index in [4.69, 9.17) is 4.74 Å². The van der Waals surface area contributed by atoms with Crippen LogP contribution in [-0.4, -0.2) is 5.97 Å².